The summed E-state index contributed by atoms with van der Waals surface area (Å²) in [6.07, 6.45) is 2.09. The van der Waals surface area contributed by atoms with E-state index in [1.807, 2.05) is 12.1 Å². The van der Waals surface area contributed by atoms with Crippen LogP contribution in [-0.4, -0.2) is 12.5 Å². The van der Waals surface area contributed by atoms with Crippen LogP contribution in [0.1, 0.15) is 35.7 Å². The van der Waals surface area contributed by atoms with Gasteiger partial charge in [0.1, 0.15) is 0 Å². The number of hydrogen-bond donors (Lipinski definition) is 1. The van der Waals surface area contributed by atoms with Crippen molar-refractivity contribution in [3.8, 4) is 11.1 Å². The maximum Gasteiger partial charge on any atom is 0.251 e. The van der Waals surface area contributed by atoms with Crippen molar-refractivity contribution in [1.82, 2.24) is 5.32 Å². The average Bonchev–Trinajstić information content (AvgIpc) is 3.03. The van der Waals surface area contributed by atoms with Crippen LogP contribution in [0, 0.1) is 6.92 Å². The maximum absolute atomic E-state index is 12.4. The number of thiophene rings is 1. The van der Waals surface area contributed by atoms with Crippen LogP contribution < -0.4 is 5.32 Å². The summed E-state index contributed by atoms with van der Waals surface area (Å²) in [5.74, 6) is 0.0158. The van der Waals surface area contributed by atoms with Gasteiger partial charge in [0.25, 0.3) is 5.91 Å². The maximum atomic E-state index is 12.4. The first kappa shape index (κ1) is 15.8. The summed E-state index contributed by atoms with van der Waals surface area (Å²) in [5, 5.41) is 6.31. The molecule has 1 aromatic heterocycles. The number of hydrogen-bond acceptors (Lipinski definition) is 2. The second kappa shape index (κ2) is 6.97. The van der Waals surface area contributed by atoms with Crippen molar-refractivity contribution in [1.29, 1.82) is 0 Å². The summed E-state index contributed by atoms with van der Waals surface area (Å²) in [6.45, 7) is 4.94. The highest BCUT2D eigenvalue weighted by Crippen LogP contribution is 2.33. The summed E-state index contributed by atoms with van der Waals surface area (Å²) in [4.78, 5) is 12.4. The highest BCUT2D eigenvalue weighted by molar-refractivity contribution is 7.17. The first-order chi connectivity index (χ1) is 11.2. The number of benzene rings is 2. The highest BCUT2D eigenvalue weighted by Gasteiger charge is 2.12. The van der Waals surface area contributed by atoms with Crippen molar-refractivity contribution in [3.05, 3.63) is 59.0 Å². The SMILES string of the molecule is CCCCNC(=O)c1cc(-c2ccc(C)cc2)c2ccsc2c1. The Morgan fingerprint density at radius 2 is 1.91 bits per heavy atom. The molecule has 1 heterocycles. The fraction of sp³-hybridized carbons (Fsp3) is 0.250. The van der Waals surface area contributed by atoms with Crippen LogP contribution in [0.15, 0.2) is 47.8 Å². The third-order valence-electron chi connectivity index (χ3n) is 4.01. The van der Waals surface area contributed by atoms with Gasteiger partial charge in [-0.1, -0.05) is 43.2 Å². The number of unbranched alkanes of at least 4 members (excludes halogenated alkanes) is 1. The standard InChI is InChI=1S/C20H21NOS/c1-3-4-10-21-20(22)16-12-18(15-7-5-14(2)6-8-15)17-9-11-23-19(17)13-16/h5-9,11-13H,3-4,10H2,1-2H3,(H,21,22). The Labute approximate surface area is 141 Å². The molecule has 118 valence electrons. The Morgan fingerprint density at radius 3 is 2.65 bits per heavy atom. The van der Waals surface area contributed by atoms with Crippen LogP contribution in [0.3, 0.4) is 0 Å². The number of amides is 1. The summed E-state index contributed by atoms with van der Waals surface area (Å²) in [5.41, 5.74) is 4.27. The number of fused-ring (bicyclic) bond motifs is 1. The number of nitrogens with one attached hydrogen (secondary N) is 1. The molecule has 0 saturated carbocycles. The van der Waals surface area contributed by atoms with E-state index in [2.05, 4.69) is 54.9 Å². The zero-order valence-electron chi connectivity index (χ0n) is 13.6. The molecule has 0 bridgehead atoms. The first-order valence-electron chi connectivity index (χ1n) is 8.05. The summed E-state index contributed by atoms with van der Waals surface area (Å²) in [6, 6.07) is 14.6. The molecule has 2 aromatic carbocycles. The molecule has 2 nitrogen and oxygen atoms in total. The van der Waals surface area contributed by atoms with E-state index in [9.17, 15) is 4.79 Å². The minimum absolute atomic E-state index is 0.0158. The van der Waals surface area contributed by atoms with Crippen molar-refractivity contribution in [2.75, 3.05) is 6.54 Å². The van der Waals surface area contributed by atoms with Crippen LogP contribution in [0.5, 0.6) is 0 Å². The van der Waals surface area contributed by atoms with E-state index in [1.165, 1.54) is 10.9 Å². The van der Waals surface area contributed by atoms with E-state index in [0.717, 1.165) is 40.8 Å². The average molecular weight is 323 g/mol. The quantitative estimate of drug-likeness (QED) is 0.625. The van der Waals surface area contributed by atoms with E-state index < -0.39 is 0 Å². The van der Waals surface area contributed by atoms with E-state index in [0.29, 0.717) is 0 Å². The van der Waals surface area contributed by atoms with Gasteiger partial charge in [-0.05, 0) is 48.1 Å². The summed E-state index contributed by atoms with van der Waals surface area (Å²) in [7, 11) is 0. The zero-order chi connectivity index (χ0) is 16.2. The molecular formula is C20H21NOS. The Bertz CT molecular complexity index is 817. The Kier molecular flexibility index (Phi) is 4.77. The van der Waals surface area contributed by atoms with Gasteiger partial charge >= 0.3 is 0 Å². The third kappa shape index (κ3) is 3.45. The predicted molar refractivity (Wildman–Crippen MR) is 99.2 cm³/mol. The smallest absolute Gasteiger partial charge is 0.251 e. The van der Waals surface area contributed by atoms with Gasteiger partial charge in [0.15, 0.2) is 0 Å². The third-order valence-corrected chi connectivity index (χ3v) is 4.88. The van der Waals surface area contributed by atoms with Crippen LogP contribution in [0.4, 0.5) is 0 Å². The predicted octanol–water partition coefficient (Wildman–Crippen LogP) is 5.41. The molecule has 1 N–H and O–H groups in total. The lowest BCUT2D eigenvalue weighted by atomic mass is 9.98. The van der Waals surface area contributed by atoms with Crippen LogP contribution >= 0.6 is 11.3 Å². The molecular weight excluding hydrogens is 302 g/mol. The molecule has 0 fully saturated rings. The second-order valence-electron chi connectivity index (χ2n) is 5.83. The number of aryl methyl sites for hydroxylation is 1. The Hall–Kier alpha value is -2.13. The van der Waals surface area contributed by atoms with Gasteiger partial charge in [-0.15, -0.1) is 11.3 Å². The van der Waals surface area contributed by atoms with Crippen molar-refractivity contribution >= 4 is 27.3 Å². The largest absolute Gasteiger partial charge is 0.352 e. The van der Waals surface area contributed by atoms with Crippen molar-refractivity contribution < 1.29 is 4.79 Å². The molecule has 0 spiro atoms. The van der Waals surface area contributed by atoms with Crippen LogP contribution in [0.25, 0.3) is 21.2 Å². The van der Waals surface area contributed by atoms with E-state index in [-0.39, 0.29) is 5.91 Å². The number of rotatable bonds is 5. The molecule has 0 unspecified atom stereocenters. The molecule has 0 aliphatic rings. The molecule has 3 aromatic rings. The van der Waals surface area contributed by atoms with Gasteiger partial charge in [0, 0.05) is 22.2 Å². The zero-order valence-corrected chi connectivity index (χ0v) is 14.4. The minimum atomic E-state index is 0.0158. The normalized spacial score (nSPS) is 10.9. The molecule has 23 heavy (non-hydrogen) atoms. The fourth-order valence-electron chi connectivity index (χ4n) is 2.66. The lowest BCUT2D eigenvalue weighted by Gasteiger charge is -2.09. The Balaban J connectivity index is 2.01. The molecule has 0 atom stereocenters. The number of carbonyl (C=O) groups is 1. The van der Waals surface area contributed by atoms with Gasteiger partial charge in [-0.2, -0.15) is 0 Å². The fourth-order valence-corrected chi connectivity index (χ4v) is 3.51. The molecule has 0 aliphatic carbocycles. The van der Waals surface area contributed by atoms with E-state index in [1.54, 1.807) is 11.3 Å². The van der Waals surface area contributed by atoms with Gasteiger partial charge in [0.05, 0.1) is 0 Å². The van der Waals surface area contributed by atoms with Gasteiger partial charge in [0.2, 0.25) is 0 Å². The first-order valence-corrected chi connectivity index (χ1v) is 8.93. The monoisotopic (exact) mass is 323 g/mol. The molecule has 0 aliphatic heterocycles. The van der Waals surface area contributed by atoms with Crippen molar-refractivity contribution in [2.24, 2.45) is 0 Å². The van der Waals surface area contributed by atoms with Crippen LogP contribution in [-0.2, 0) is 0 Å². The topological polar surface area (TPSA) is 29.1 Å². The van der Waals surface area contributed by atoms with E-state index >= 15 is 0 Å². The summed E-state index contributed by atoms with van der Waals surface area (Å²) >= 11 is 1.68. The van der Waals surface area contributed by atoms with Gasteiger partial charge in [-0.25, -0.2) is 0 Å². The Morgan fingerprint density at radius 1 is 1.13 bits per heavy atom. The van der Waals surface area contributed by atoms with Crippen LogP contribution in [0.2, 0.25) is 0 Å². The van der Waals surface area contributed by atoms with Gasteiger partial charge < -0.3 is 5.32 Å². The lowest BCUT2D eigenvalue weighted by Crippen LogP contribution is -2.24. The lowest BCUT2D eigenvalue weighted by molar-refractivity contribution is 0.0953. The minimum Gasteiger partial charge on any atom is -0.352 e. The molecule has 3 rings (SSSR count). The van der Waals surface area contributed by atoms with Crippen molar-refractivity contribution in [2.45, 2.75) is 26.7 Å². The van der Waals surface area contributed by atoms with Gasteiger partial charge in [-0.3, -0.25) is 4.79 Å². The highest BCUT2D eigenvalue weighted by atomic mass is 32.1. The number of carbonyl (C=O) groups excluding carboxylic acids is 1. The molecule has 0 radical (unpaired) electrons. The summed E-state index contributed by atoms with van der Waals surface area (Å²) < 4.78 is 1.16. The second-order valence-corrected chi connectivity index (χ2v) is 6.78. The van der Waals surface area contributed by atoms with Crippen molar-refractivity contribution in [3.63, 3.8) is 0 Å². The molecule has 3 heteroatoms. The van der Waals surface area contributed by atoms with E-state index in [4.69, 9.17) is 0 Å². The molecule has 1 amide bonds. The molecule has 0 saturated heterocycles.